The minimum Gasteiger partial charge on any atom is -0.368 e. The first kappa shape index (κ1) is 13.8. The average molecular weight is 282 g/mol. The average Bonchev–Trinajstić information content (AvgIpc) is 2.38. The maximum atomic E-state index is 12.8. The van der Waals surface area contributed by atoms with E-state index in [9.17, 15) is 18.0 Å². The summed E-state index contributed by atoms with van der Waals surface area (Å²) in [6.45, 7) is 0. The molecule has 0 atom stereocenters. The summed E-state index contributed by atoms with van der Waals surface area (Å²) in [4.78, 5) is 18.4. The van der Waals surface area contributed by atoms with E-state index in [0.29, 0.717) is 5.69 Å². The van der Waals surface area contributed by atoms with Gasteiger partial charge < -0.3 is 11.1 Å². The monoisotopic (exact) mass is 282 g/mol. The number of rotatable bonds is 2. The van der Waals surface area contributed by atoms with Gasteiger partial charge in [-0.05, 0) is 12.1 Å². The number of carbonyl (C=O) groups excluding carboxylic acids is 1. The summed E-state index contributed by atoms with van der Waals surface area (Å²) in [7, 11) is 0. The Kier molecular flexibility index (Phi) is 3.55. The lowest BCUT2D eigenvalue weighted by molar-refractivity contribution is -0.141. The number of nitrogen functional groups attached to an aromatic ring is 1. The van der Waals surface area contributed by atoms with Crippen LogP contribution in [0.25, 0.3) is 0 Å². The molecule has 0 aliphatic rings. The predicted octanol–water partition coefficient (Wildman–Crippen LogP) is 2.33. The van der Waals surface area contributed by atoms with Gasteiger partial charge in [0.1, 0.15) is 0 Å². The van der Waals surface area contributed by atoms with Crippen LogP contribution in [0.4, 0.5) is 24.8 Å². The van der Waals surface area contributed by atoms with E-state index in [4.69, 9.17) is 5.73 Å². The van der Waals surface area contributed by atoms with Gasteiger partial charge in [0, 0.05) is 11.9 Å². The zero-order valence-electron chi connectivity index (χ0n) is 9.98. The molecule has 5 nitrogen and oxygen atoms in total. The van der Waals surface area contributed by atoms with Gasteiger partial charge in [0.2, 0.25) is 5.95 Å². The lowest BCUT2D eigenvalue weighted by Gasteiger charge is -2.11. The van der Waals surface area contributed by atoms with E-state index in [1.54, 1.807) is 30.3 Å². The van der Waals surface area contributed by atoms with Crippen molar-refractivity contribution in [2.24, 2.45) is 0 Å². The van der Waals surface area contributed by atoms with Crippen LogP contribution in [0.2, 0.25) is 0 Å². The van der Waals surface area contributed by atoms with E-state index in [2.05, 4.69) is 15.3 Å². The maximum absolute atomic E-state index is 12.8. The Labute approximate surface area is 111 Å². The fourth-order valence-electron chi connectivity index (χ4n) is 1.50. The number of nitrogens with zero attached hydrogens (tertiary/aromatic N) is 2. The summed E-state index contributed by atoms with van der Waals surface area (Å²) in [6, 6.07) is 8.08. The van der Waals surface area contributed by atoms with Gasteiger partial charge in [0.15, 0.2) is 5.69 Å². The number of carbonyl (C=O) groups is 1. The Morgan fingerprint density at radius 3 is 2.45 bits per heavy atom. The molecule has 0 aliphatic carbocycles. The number of hydrogen-bond acceptors (Lipinski definition) is 4. The first-order chi connectivity index (χ1) is 9.38. The molecule has 0 aliphatic heterocycles. The molecule has 2 rings (SSSR count). The second-order valence-electron chi connectivity index (χ2n) is 3.81. The number of hydrogen-bond donors (Lipinski definition) is 2. The van der Waals surface area contributed by atoms with Crippen LogP contribution in [-0.4, -0.2) is 15.9 Å². The Balaban J connectivity index is 2.35. The third kappa shape index (κ3) is 3.02. The number of anilines is 2. The van der Waals surface area contributed by atoms with Crippen molar-refractivity contribution in [1.82, 2.24) is 9.97 Å². The highest BCUT2D eigenvalue weighted by Gasteiger charge is 2.38. The molecule has 0 saturated carbocycles. The Morgan fingerprint density at radius 2 is 1.85 bits per heavy atom. The highest BCUT2D eigenvalue weighted by atomic mass is 19.4. The number of para-hydroxylation sites is 1. The van der Waals surface area contributed by atoms with E-state index in [0.717, 1.165) is 6.20 Å². The minimum absolute atomic E-state index is 0.363. The zero-order valence-corrected chi connectivity index (χ0v) is 9.98. The fraction of sp³-hybridized carbons (Fsp3) is 0.0833. The van der Waals surface area contributed by atoms with Crippen LogP contribution in [0.15, 0.2) is 36.5 Å². The zero-order chi connectivity index (χ0) is 14.8. The molecule has 1 amide bonds. The van der Waals surface area contributed by atoms with E-state index in [-0.39, 0.29) is 0 Å². The SMILES string of the molecule is Nc1ncc(C(=O)Nc2ccccc2)c(C(F)(F)F)n1. The van der Waals surface area contributed by atoms with Crippen molar-refractivity contribution in [2.75, 3.05) is 11.1 Å². The largest absolute Gasteiger partial charge is 0.434 e. The number of amides is 1. The molecule has 104 valence electrons. The number of nitrogens with two attached hydrogens (primary N) is 1. The number of halogens is 3. The molecule has 0 fully saturated rings. The molecule has 3 N–H and O–H groups in total. The molecule has 20 heavy (non-hydrogen) atoms. The van der Waals surface area contributed by atoms with E-state index in [1.165, 1.54) is 0 Å². The van der Waals surface area contributed by atoms with Crippen molar-refractivity contribution >= 4 is 17.5 Å². The summed E-state index contributed by atoms with van der Waals surface area (Å²) in [5.41, 5.74) is 3.44. The summed E-state index contributed by atoms with van der Waals surface area (Å²) in [5.74, 6) is -1.50. The van der Waals surface area contributed by atoms with Crippen molar-refractivity contribution in [3.8, 4) is 0 Å². The molecular formula is C12H9F3N4O. The molecule has 0 saturated heterocycles. The number of benzene rings is 1. The van der Waals surface area contributed by atoms with Gasteiger partial charge in [-0.1, -0.05) is 18.2 Å². The maximum Gasteiger partial charge on any atom is 0.434 e. The quantitative estimate of drug-likeness (QED) is 0.885. The molecule has 0 bridgehead atoms. The predicted molar refractivity (Wildman–Crippen MR) is 65.8 cm³/mol. The Hall–Kier alpha value is -2.64. The molecule has 0 unspecified atom stereocenters. The van der Waals surface area contributed by atoms with Crippen LogP contribution in [0.1, 0.15) is 16.1 Å². The summed E-state index contributed by atoms with van der Waals surface area (Å²) < 4.78 is 38.4. The van der Waals surface area contributed by atoms with Crippen molar-refractivity contribution in [1.29, 1.82) is 0 Å². The van der Waals surface area contributed by atoms with Crippen LogP contribution in [-0.2, 0) is 6.18 Å². The summed E-state index contributed by atoms with van der Waals surface area (Å²) in [6.07, 6.45) is -4.04. The van der Waals surface area contributed by atoms with Crippen molar-refractivity contribution in [3.05, 3.63) is 47.8 Å². The van der Waals surface area contributed by atoms with Crippen LogP contribution in [0, 0.1) is 0 Å². The second-order valence-corrected chi connectivity index (χ2v) is 3.81. The number of alkyl halides is 3. The van der Waals surface area contributed by atoms with Crippen molar-refractivity contribution in [2.45, 2.75) is 6.18 Å². The first-order valence-electron chi connectivity index (χ1n) is 5.44. The molecule has 2 aromatic rings. The highest BCUT2D eigenvalue weighted by Crippen LogP contribution is 2.30. The number of aromatic nitrogens is 2. The van der Waals surface area contributed by atoms with E-state index in [1.807, 2.05) is 0 Å². The standard InChI is InChI=1S/C12H9F3N4O/c13-12(14,15)9-8(6-17-11(16)19-9)10(20)18-7-4-2-1-3-5-7/h1-6H,(H,18,20)(H2,16,17,19). The molecular weight excluding hydrogens is 273 g/mol. The first-order valence-corrected chi connectivity index (χ1v) is 5.44. The van der Waals surface area contributed by atoms with Gasteiger partial charge in [-0.15, -0.1) is 0 Å². The smallest absolute Gasteiger partial charge is 0.368 e. The molecule has 1 aromatic carbocycles. The third-order valence-electron chi connectivity index (χ3n) is 2.35. The van der Waals surface area contributed by atoms with Gasteiger partial charge in [-0.3, -0.25) is 4.79 Å². The summed E-state index contributed by atoms with van der Waals surface area (Å²) >= 11 is 0. The number of nitrogens with one attached hydrogen (secondary N) is 1. The molecule has 1 heterocycles. The molecule has 8 heteroatoms. The van der Waals surface area contributed by atoms with E-state index >= 15 is 0 Å². The molecule has 1 aromatic heterocycles. The van der Waals surface area contributed by atoms with Gasteiger partial charge in [0.25, 0.3) is 5.91 Å². The van der Waals surface area contributed by atoms with Crippen LogP contribution in [0.3, 0.4) is 0 Å². The van der Waals surface area contributed by atoms with Crippen molar-refractivity contribution in [3.63, 3.8) is 0 Å². The lowest BCUT2D eigenvalue weighted by atomic mass is 10.2. The Morgan fingerprint density at radius 1 is 1.20 bits per heavy atom. The lowest BCUT2D eigenvalue weighted by Crippen LogP contribution is -2.21. The van der Waals surface area contributed by atoms with Gasteiger partial charge in [-0.25, -0.2) is 9.97 Å². The normalized spacial score (nSPS) is 11.2. The molecule has 0 radical (unpaired) electrons. The van der Waals surface area contributed by atoms with Gasteiger partial charge in [-0.2, -0.15) is 13.2 Å². The molecule has 0 spiro atoms. The van der Waals surface area contributed by atoms with Crippen molar-refractivity contribution < 1.29 is 18.0 Å². The van der Waals surface area contributed by atoms with Gasteiger partial charge in [0.05, 0.1) is 5.56 Å². The third-order valence-corrected chi connectivity index (χ3v) is 2.35. The fourth-order valence-corrected chi connectivity index (χ4v) is 1.50. The van der Waals surface area contributed by atoms with Crippen LogP contribution < -0.4 is 11.1 Å². The van der Waals surface area contributed by atoms with E-state index < -0.39 is 29.3 Å². The van der Waals surface area contributed by atoms with Gasteiger partial charge >= 0.3 is 6.18 Å². The highest BCUT2D eigenvalue weighted by molar-refractivity contribution is 6.05. The van der Waals surface area contributed by atoms with Crippen LogP contribution >= 0.6 is 0 Å². The minimum atomic E-state index is -4.79. The Bertz CT molecular complexity index is 628. The van der Waals surface area contributed by atoms with Crippen LogP contribution in [0.5, 0.6) is 0 Å². The topological polar surface area (TPSA) is 80.9 Å². The second kappa shape index (κ2) is 5.16. The summed E-state index contributed by atoms with van der Waals surface area (Å²) in [5, 5.41) is 2.33.